The fraction of sp³-hybridized carbons (Fsp3) is 0.280. The van der Waals surface area contributed by atoms with Crippen molar-refractivity contribution in [1.29, 1.82) is 0 Å². The maximum Gasteiger partial charge on any atom is 0.240 e. The Balaban J connectivity index is 1.34. The summed E-state index contributed by atoms with van der Waals surface area (Å²) >= 11 is 0. The highest BCUT2D eigenvalue weighted by Gasteiger charge is 2.51. The number of Topliss-reactive ketones (excluding diaryl/α,β-unsaturated/α-hetero) is 1. The van der Waals surface area contributed by atoms with Crippen molar-refractivity contribution in [3.63, 3.8) is 0 Å². The molecule has 2 aliphatic rings. The highest BCUT2D eigenvalue weighted by atomic mass is 32.2. The predicted octanol–water partition coefficient (Wildman–Crippen LogP) is 3.62. The molecule has 0 bridgehead atoms. The average Bonchev–Trinajstić information content (AvgIpc) is 3.50. The van der Waals surface area contributed by atoms with Gasteiger partial charge in [0.2, 0.25) is 16.8 Å². The SMILES string of the molecule is CCNS(=O)(=O)c1ccc(-c2cccc(CC(=O)C3(c4ccc5c(c4)OCO5)CC3)n2)cc1. The van der Waals surface area contributed by atoms with E-state index in [1.165, 1.54) is 0 Å². The van der Waals surface area contributed by atoms with Gasteiger partial charge >= 0.3 is 0 Å². The molecule has 2 aromatic carbocycles. The first-order chi connectivity index (χ1) is 15.9. The molecule has 1 N–H and O–H groups in total. The molecule has 0 spiro atoms. The monoisotopic (exact) mass is 464 g/mol. The number of nitrogens with zero attached hydrogens (tertiary/aromatic N) is 1. The summed E-state index contributed by atoms with van der Waals surface area (Å²) in [5.41, 5.74) is 2.65. The number of hydrogen-bond donors (Lipinski definition) is 1. The summed E-state index contributed by atoms with van der Waals surface area (Å²) in [6, 6.07) is 17.9. The minimum Gasteiger partial charge on any atom is -0.454 e. The molecule has 1 aromatic heterocycles. The maximum atomic E-state index is 13.3. The van der Waals surface area contributed by atoms with Crippen molar-refractivity contribution >= 4 is 15.8 Å². The fourth-order valence-corrected chi connectivity index (χ4v) is 5.24. The highest BCUT2D eigenvalue weighted by Crippen LogP contribution is 2.51. The highest BCUT2D eigenvalue weighted by molar-refractivity contribution is 7.89. The van der Waals surface area contributed by atoms with Crippen LogP contribution in [0.5, 0.6) is 11.5 Å². The molecule has 1 fully saturated rings. The van der Waals surface area contributed by atoms with E-state index >= 15 is 0 Å². The molecule has 5 rings (SSSR count). The van der Waals surface area contributed by atoms with E-state index in [0.717, 1.165) is 24.0 Å². The summed E-state index contributed by atoms with van der Waals surface area (Å²) in [6.45, 7) is 2.27. The summed E-state index contributed by atoms with van der Waals surface area (Å²) < 4.78 is 37.7. The van der Waals surface area contributed by atoms with E-state index in [-0.39, 0.29) is 23.9 Å². The van der Waals surface area contributed by atoms with Crippen molar-refractivity contribution < 1.29 is 22.7 Å². The van der Waals surface area contributed by atoms with E-state index in [4.69, 9.17) is 9.47 Å². The van der Waals surface area contributed by atoms with Gasteiger partial charge in [-0.1, -0.05) is 31.2 Å². The molecule has 7 nitrogen and oxygen atoms in total. The molecule has 0 radical (unpaired) electrons. The fourth-order valence-electron chi connectivity index (χ4n) is 4.20. The van der Waals surface area contributed by atoms with Gasteiger partial charge < -0.3 is 9.47 Å². The topological polar surface area (TPSA) is 94.6 Å². The molecule has 1 saturated carbocycles. The van der Waals surface area contributed by atoms with Gasteiger partial charge in [-0.05, 0) is 54.8 Å². The Bertz CT molecular complexity index is 1310. The van der Waals surface area contributed by atoms with E-state index < -0.39 is 15.4 Å². The van der Waals surface area contributed by atoms with E-state index in [1.54, 1.807) is 31.2 Å². The molecule has 3 aromatic rings. The minimum absolute atomic E-state index is 0.137. The molecule has 0 amide bonds. The first kappa shape index (κ1) is 21.6. The number of hydrogen-bond acceptors (Lipinski definition) is 6. The number of sulfonamides is 1. The zero-order valence-corrected chi connectivity index (χ0v) is 19.0. The third-order valence-corrected chi connectivity index (χ3v) is 7.71. The van der Waals surface area contributed by atoms with Gasteiger partial charge in [0.15, 0.2) is 11.5 Å². The van der Waals surface area contributed by atoms with Gasteiger partial charge in [0.05, 0.1) is 16.0 Å². The van der Waals surface area contributed by atoms with Crippen LogP contribution in [-0.4, -0.2) is 32.5 Å². The van der Waals surface area contributed by atoms with Crippen molar-refractivity contribution in [2.24, 2.45) is 0 Å². The van der Waals surface area contributed by atoms with Crippen LogP contribution in [0.1, 0.15) is 31.0 Å². The number of pyridine rings is 1. The standard InChI is InChI=1S/C25H24N2O5S/c1-2-26-33(29,30)20-9-6-17(7-10-20)21-5-3-4-19(27-21)15-24(28)25(12-13-25)18-8-11-22-23(14-18)32-16-31-22/h3-11,14,26H,2,12-13,15-16H2,1H3. The van der Waals surface area contributed by atoms with Gasteiger partial charge in [-0.15, -0.1) is 0 Å². The Kier molecular flexibility index (Phi) is 5.42. The number of carbonyl (C=O) groups excluding carboxylic acids is 1. The van der Waals surface area contributed by atoms with Crippen LogP contribution in [0.2, 0.25) is 0 Å². The predicted molar refractivity (Wildman–Crippen MR) is 123 cm³/mol. The summed E-state index contributed by atoms with van der Waals surface area (Å²) in [5.74, 6) is 1.53. The van der Waals surface area contributed by atoms with E-state index in [0.29, 0.717) is 29.4 Å². The summed E-state index contributed by atoms with van der Waals surface area (Å²) in [5, 5.41) is 0. The van der Waals surface area contributed by atoms with Gasteiger partial charge in [-0.2, -0.15) is 0 Å². The Morgan fingerprint density at radius 3 is 2.52 bits per heavy atom. The second-order valence-corrected chi connectivity index (χ2v) is 10.1. The normalized spacial score (nSPS) is 15.9. The third-order valence-electron chi connectivity index (χ3n) is 6.15. The number of ether oxygens (including phenoxy) is 2. The van der Waals surface area contributed by atoms with Crippen molar-refractivity contribution in [1.82, 2.24) is 9.71 Å². The number of ketones is 1. The molecule has 1 aliphatic carbocycles. The molecule has 33 heavy (non-hydrogen) atoms. The van der Waals surface area contributed by atoms with E-state index in [1.807, 2.05) is 36.4 Å². The third kappa shape index (κ3) is 4.12. The molecule has 8 heteroatoms. The van der Waals surface area contributed by atoms with Gasteiger partial charge in [0, 0.05) is 24.2 Å². The average molecular weight is 465 g/mol. The van der Waals surface area contributed by atoms with Crippen LogP contribution in [-0.2, 0) is 26.7 Å². The van der Waals surface area contributed by atoms with Gasteiger partial charge in [-0.25, -0.2) is 13.1 Å². The summed E-state index contributed by atoms with van der Waals surface area (Å²) in [7, 11) is -3.50. The number of nitrogens with one attached hydrogen (secondary N) is 1. The van der Waals surface area contributed by atoms with Crippen molar-refractivity contribution in [2.45, 2.75) is 36.5 Å². The zero-order chi connectivity index (χ0) is 23.1. The number of fused-ring (bicyclic) bond motifs is 1. The van der Waals surface area contributed by atoms with Crippen LogP contribution in [0.3, 0.4) is 0 Å². The Labute approximate surface area is 192 Å². The van der Waals surface area contributed by atoms with Crippen molar-refractivity contribution in [2.75, 3.05) is 13.3 Å². The number of rotatable bonds is 8. The molecule has 1 aliphatic heterocycles. The minimum atomic E-state index is -3.50. The molecule has 0 atom stereocenters. The molecule has 2 heterocycles. The van der Waals surface area contributed by atoms with Crippen LogP contribution in [0.4, 0.5) is 0 Å². The van der Waals surface area contributed by atoms with Crippen LogP contribution in [0.15, 0.2) is 65.6 Å². The van der Waals surface area contributed by atoms with Crippen LogP contribution < -0.4 is 14.2 Å². The zero-order valence-electron chi connectivity index (χ0n) is 18.2. The summed E-state index contributed by atoms with van der Waals surface area (Å²) in [4.78, 5) is 18.2. The largest absolute Gasteiger partial charge is 0.454 e. The second kappa shape index (κ2) is 8.28. The van der Waals surface area contributed by atoms with Crippen LogP contribution >= 0.6 is 0 Å². The van der Waals surface area contributed by atoms with Crippen molar-refractivity contribution in [3.05, 3.63) is 71.9 Å². The number of carbonyl (C=O) groups is 1. The number of aromatic nitrogens is 1. The molecule has 0 unspecified atom stereocenters. The molecular weight excluding hydrogens is 440 g/mol. The lowest BCUT2D eigenvalue weighted by molar-refractivity contribution is -0.120. The summed E-state index contributed by atoms with van der Waals surface area (Å²) in [6.07, 6.45) is 1.86. The quantitative estimate of drug-likeness (QED) is 0.547. The van der Waals surface area contributed by atoms with E-state index in [9.17, 15) is 13.2 Å². The second-order valence-electron chi connectivity index (χ2n) is 8.29. The lowest BCUT2D eigenvalue weighted by atomic mass is 9.88. The van der Waals surface area contributed by atoms with Gasteiger partial charge in [0.25, 0.3) is 0 Å². The first-order valence-corrected chi connectivity index (χ1v) is 12.4. The number of benzene rings is 2. The Morgan fingerprint density at radius 1 is 1.03 bits per heavy atom. The molecule has 0 saturated heterocycles. The van der Waals surface area contributed by atoms with Crippen LogP contribution in [0.25, 0.3) is 11.3 Å². The smallest absolute Gasteiger partial charge is 0.240 e. The Hall–Kier alpha value is -3.23. The molecule has 170 valence electrons. The van der Waals surface area contributed by atoms with Crippen molar-refractivity contribution in [3.8, 4) is 22.8 Å². The van der Waals surface area contributed by atoms with E-state index in [2.05, 4.69) is 9.71 Å². The lowest BCUT2D eigenvalue weighted by Gasteiger charge is -2.15. The Morgan fingerprint density at radius 2 is 1.79 bits per heavy atom. The molecular formula is C25H24N2O5S. The maximum absolute atomic E-state index is 13.3. The van der Waals surface area contributed by atoms with Gasteiger partial charge in [0.1, 0.15) is 5.78 Å². The van der Waals surface area contributed by atoms with Crippen LogP contribution in [0, 0.1) is 0 Å². The van der Waals surface area contributed by atoms with Gasteiger partial charge in [-0.3, -0.25) is 9.78 Å². The lowest BCUT2D eigenvalue weighted by Crippen LogP contribution is -2.23. The first-order valence-electron chi connectivity index (χ1n) is 10.9.